The number of aromatic amines is 1. The molecule has 1 amide bonds. The summed E-state index contributed by atoms with van der Waals surface area (Å²) in [5.74, 6) is -0.286. The van der Waals surface area contributed by atoms with E-state index in [9.17, 15) is 14.4 Å². The van der Waals surface area contributed by atoms with Gasteiger partial charge in [-0.05, 0) is 36.4 Å². The Morgan fingerprint density at radius 3 is 2.68 bits per heavy atom. The van der Waals surface area contributed by atoms with Crippen LogP contribution in [0.3, 0.4) is 0 Å². The maximum atomic E-state index is 12.9. The van der Waals surface area contributed by atoms with Crippen molar-refractivity contribution < 1.29 is 9.53 Å². The van der Waals surface area contributed by atoms with Gasteiger partial charge >= 0.3 is 11.1 Å². The molecule has 0 fully saturated rings. The monoisotopic (exact) mass is 440 g/mol. The Bertz CT molecular complexity index is 1390. The summed E-state index contributed by atoms with van der Waals surface area (Å²) in [6.45, 7) is 1.29. The molecule has 9 heteroatoms. The number of carbonyl (C=O) groups is 1. The minimum atomic E-state index is -0.693. The predicted octanol–water partition coefficient (Wildman–Crippen LogP) is 2.37. The van der Waals surface area contributed by atoms with E-state index in [2.05, 4.69) is 10.3 Å². The van der Waals surface area contributed by atoms with E-state index < -0.39 is 11.1 Å². The lowest BCUT2D eigenvalue weighted by Crippen LogP contribution is -2.39. The molecule has 2 heterocycles. The Labute approximate surface area is 182 Å². The minimum Gasteiger partial charge on any atom is -0.383 e. The molecule has 2 aromatic heterocycles. The molecular formula is C22H21ClN4O4. The van der Waals surface area contributed by atoms with Crippen molar-refractivity contribution in [1.29, 1.82) is 0 Å². The Morgan fingerprint density at radius 1 is 1.06 bits per heavy atom. The number of hydrogen-bond acceptors (Lipinski definition) is 4. The molecule has 2 aromatic carbocycles. The molecule has 31 heavy (non-hydrogen) atoms. The summed E-state index contributed by atoms with van der Waals surface area (Å²) in [7, 11) is 1.60. The lowest BCUT2D eigenvalue weighted by Gasteiger charge is -2.12. The number of methoxy groups -OCH3 is 1. The number of amides is 1. The molecule has 2 N–H and O–H groups in total. The van der Waals surface area contributed by atoms with Gasteiger partial charge in [-0.1, -0.05) is 23.7 Å². The van der Waals surface area contributed by atoms with Crippen molar-refractivity contribution in [3.8, 4) is 0 Å². The van der Waals surface area contributed by atoms with E-state index in [1.807, 2.05) is 10.6 Å². The Hall–Kier alpha value is -3.36. The summed E-state index contributed by atoms with van der Waals surface area (Å²) in [6, 6.07) is 14.3. The van der Waals surface area contributed by atoms with Crippen molar-refractivity contribution in [3.05, 3.63) is 80.0 Å². The zero-order chi connectivity index (χ0) is 22.0. The van der Waals surface area contributed by atoms with Crippen molar-refractivity contribution in [2.24, 2.45) is 0 Å². The molecule has 0 spiro atoms. The molecule has 8 nitrogen and oxygen atoms in total. The fourth-order valence-electron chi connectivity index (χ4n) is 3.67. The second-order valence-electron chi connectivity index (χ2n) is 7.06. The van der Waals surface area contributed by atoms with Gasteiger partial charge in [0.05, 0.1) is 17.6 Å². The van der Waals surface area contributed by atoms with Crippen molar-refractivity contribution >= 4 is 39.4 Å². The first-order chi connectivity index (χ1) is 15.0. The number of benzene rings is 2. The Morgan fingerprint density at radius 2 is 1.87 bits per heavy atom. The van der Waals surface area contributed by atoms with Gasteiger partial charge in [-0.3, -0.25) is 14.4 Å². The van der Waals surface area contributed by atoms with Gasteiger partial charge in [-0.25, -0.2) is 0 Å². The van der Waals surface area contributed by atoms with Gasteiger partial charge in [0.1, 0.15) is 5.69 Å². The van der Waals surface area contributed by atoms with Gasteiger partial charge in [-0.15, -0.1) is 0 Å². The number of fused-ring (bicyclic) bond motifs is 2. The fraction of sp³-hybridized carbons (Fsp3) is 0.227. The molecule has 0 unspecified atom stereocenters. The van der Waals surface area contributed by atoms with Crippen LogP contribution in [-0.4, -0.2) is 40.3 Å². The summed E-state index contributed by atoms with van der Waals surface area (Å²) >= 11 is 6.10. The SMILES string of the molecule is COCCn1c(C(=O)NCCn2c(=O)c(=O)[nH]c3ccccc32)cc2cc(Cl)ccc21. The summed E-state index contributed by atoms with van der Waals surface area (Å²) in [5, 5.41) is 4.29. The van der Waals surface area contributed by atoms with Gasteiger partial charge in [-0.2, -0.15) is 0 Å². The van der Waals surface area contributed by atoms with Gasteiger partial charge in [0.15, 0.2) is 0 Å². The van der Waals surface area contributed by atoms with E-state index in [-0.39, 0.29) is 19.0 Å². The van der Waals surface area contributed by atoms with Crippen LogP contribution < -0.4 is 16.4 Å². The van der Waals surface area contributed by atoms with E-state index in [0.717, 1.165) is 10.9 Å². The first-order valence-electron chi connectivity index (χ1n) is 9.77. The van der Waals surface area contributed by atoms with Gasteiger partial charge in [0, 0.05) is 42.7 Å². The number of hydrogen-bond donors (Lipinski definition) is 2. The predicted molar refractivity (Wildman–Crippen MR) is 120 cm³/mol. The number of para-hydroxylation sites is 2. The lowest BCUT2D eigenvalue weighted by atomic mass is 10.2. The molecule has 0 saturated carbocycles. The fourth-order valence-corrected chi connectivity index (χ4v) is 3.85. The van der Waals surface area contributed by atoms with Crippen LogP contribution in [0.2, 0.25) is 5.02 Å². The molecule has 0 radical (unpaired) electrons. The third-order valence-corrected chi connectivity index (χ3v) is 5.35. The van der Waals surface area contributed by atoms with Crippen LogP contribution in [0.5, 0.6) is 0 Å². The van der Waals surface area contributed by atoms with Crippen molar-refractivity contribution in [1.82, 2.24) is 19.4 Å². The number of nitrogens with zero attached hydrogens (tertiary/aromatic N) is 2. The molecule has 0 aliphatic heterocycles. The number of H-pyrrole nitrogens is 1. The van der Waals surface area contributed by atoms with Gasteiger partial charge in [0.2, 0.25) is 0 Å². The highest BCUT2D eigenvalue weighted by molar-refractivity contribution is 6.31. The van der Waals surface area contributed by atoms with Crippen LogP contribution in [0.4, 0.5) is 0 Å². The third kappa shape index (κ3) is 4.12. The highest BCUT2D eigenvalue weighted by atomic mass is 35.5. The average molecular weight is 441 g/mol. The standard InChI is InChI=1S/C22H21ClN4O4/c1-31-11-10-26-17-7-6-15(23)12-14(17)13-19(26)20(28)24-8-9-27-18-5-3-2-4-16(18)25-21(29)22(27)30/h2-7,12-13H,8-11H2,1H3,(H,24,28)(H,25,29). The molecule has 160 valence electrons. The number of ether oxygens (including phenoxy) is 1. The first-order valence-corrected chi connectivity index (χ1v) is 10.1. The highest BCUT2D eigenvalue weighted by Crippen LogP contribution is 2.23. The van der Waals surface area contributed by atoms with Crippen LogP contribution in [-0.2, 0) is 17.8 Å². The van der Waals surface area contributed by atoms with Crippen molar-refractivity contribution in [2.45, 2.75) is 13.1 Å². The molecule has 0 saturated heterocycles. The highest BCUT2D eigenvalue weighted by Gasteiger charge is 2.16. The summed E-state index contributed by atoms with van der Waals surface area (Å²) in [6.07, 6.45) is 0. The smallest absolute Gasteiger partial charge is 0.316 e. The molecule has 0 aliphatic carbocycles. The Kier molecular flexibility index (Phi) is 5.92. The van der Waals surface area contributed by atoms with E-state index >= 15 is 0 Å². The van der Waals surface area contributed by atoms with Crippen molar-refractivity contribution in [2.75, 3.05) is 20.3 Å². The molecule has 4 aromatic rings. The molecule has 0 bridgehead atoms. The summed E-state index contributed by atoms with van der Waals surface area (Å²) in [5.41, 5.74) is 1.17. The van der Waals surface area contributed by atoms with Crippen LogP contribution in [0, 0.1) is 0 Å². The maximum Gasteiger partial charge on any atom is 0.316 e. The molecular weight excluding hydrogens is 420 g/mol. The largest absolute Gasteiger partial charge is 0.383 e. The number of nitrogens with one attached hydrogen (secondary N) is 2. The quantitative estimate of drug-likeness (QED) is 0.431. The van der Waals surface area contributed by atoms with Gasteiger partial charge in [0.25, 0.3) is 5.91 Å². The van der Waals surface area contributed by atoms with E-state index in [1.54, 1.807) is 49.6 Å². The van der Waals surface area contributed by atoms with Crippen LogP contribution >= 0.6 is 11.6 Å². The lowest BCUT2D eigenvalue weighted by molar-refractivity contribution is 0.0941. The zero-order valence-electron chi connectivity index (χ0n) is 16.9. The van der Waals surface area contributed by atoms with Crippen LogP contribution in [0.1, 0.15) is 10.5 Å². The number of carbonyl (C=O) groups excluding carboxylic acids is 1. The van der Waals surface area contributed by atoms with E-state index in [0.29, 0.717) is 34.9 Å². The topological polar surface area (TPSA) is 98.1 Å². The third-order valence-electron chi connectivity index (χ3n) is 5.12. The normalized spacial score (nSPS) is 11.3. The summed E-state index contributed by atoms with van der Waals surface area (Å²) in [4.78, 5) is 39.8. The molecule has 0 aliphatic rings. The first kappa shape index (κ1) is 20.9. The maximum absolute atomic E-state index is 12.9. The van der Waals surface area contributed by atoms with Crippen LogP contribution in [0.15, 0.2) is 58.1 Å². The summed E-state index contributed by atoms with van der Waals surface area (Å²) < 4.78 is 8.42. The molecule has 4 rings (SSSR count). The van der Waals surface area contributed by atoms with Gasteiger partial charge < -0.3 is 24.2 Å². The van der Waals surface area contributed by atoms with E-state index in [4.69, 9.17) is 16.3 Å². The number of halogens is 1. The second kappa shape index (κ2) is 8.79. The Balaban J connectivity index is 1.58. The number of aromatic nitrogens is 3. The molecule has 0 atom stereocenters. The van der Waals surface area contributed by atoms with Crippen LogP contribution in [0.25, 0.3) is 21.9 Å². The minimum absolute atomic E-state index is 0.166. The second-order valence-corrected chi connectivity index (χ2v) is 7.50. The number of rotatable bonds is 7. The zero-order valence-corrected chi connectivity index (χ0v) is 17.6. The van der Waals surface area contributed by atoms with E-state index in [1.165, 1.54) is 4.57 Å². The van der Waals surface area contributed by atoms with Crippen molar-refractivity contribution in [3.63, 3.8) is 0 Å². The average Bonchev–Trinajstić information content (AvgIpc) is 3.12.